The molecular weight excluding hydrogens is 310 g/mol. The Morgan fingerprint density at radius 1 is 1.17 bits per heavy atom. The molecule has 1 amide bonds. The zero-order chi connectivity index (χ0) is 18.2. The first-order valence-corrected chi connectivity index (χ1v) is 8.12. The molecule has 1 aromatic carbocycles. The van der Waals surface area contributed by atoms with Crippen molar-refractivity contribution < 1.29 is 24.2 Å². The first-order chi connectivity index (χ1) is 11.2. The lowest BCUT2D eigenvalue weighted by Crippen LogP contribution is -2.33. The summed E-state index contributed by atoms with van der Waals surface area (Å²) in [6.45, 7) is 8.29. The molecule has 0 saturated carbocycles. The fourth-order valence-corrected chi connectivity index (χ4v) is 2.02. The number of aryl methyl sites for hydroxylation is 1. The molecule has 6 nitrogen and oxygen atoms in total. The van der Waals surface area contributed by atoms with E-state index in [0.717, 1.165) is 19.3 Å². The third kappa shape index (κ3) is 7.85. The molecule has 134 valence electrons. The van der Waals surface area contributed by atoms with Crippen LogP contribution in [0, 0.1) is 6.92 Å². The van der Waals surface area contributed by atoms with Crippen molar-refractivity contribution in [1.82, 2.24) is 5.32 Å². The summed E-state index contributed by atoms with van der Waals surface area (Å²) in [4.78, 5) is 22.5. The van der Waals surface area contributed by atoms with E-state index in [1.807, 2.05) is 20.8 Å². The number of alkyl carbamates (subject to hydrolysis) is 1. The number of nitrogens with one attached hydrogen (secondary N) is 1. The van der Waals surface area contributed by atoms with E-state index in [1.165, 1.54) is 0 Å². The van der Waals surface area contributed by atoms with E-state index >= 15 is 0 Å². The maximum atomic E-state index is 11.4. The molecule has 1 aromatic rings. The van der Waals surface area contributed by atoms with Gasteiger partial charge in [0.2, 0.25) is 0 Å². The Kier molecular flexibility index (Phi) is 7.55. The van der Waals surface area contributed by atoms with Crippen molar-refractivity contribution in [3.8, 4) is 5.75 Å². The highest BCUT2D eigenvalue weighted by molar-refractivity contribution is 5.89. The highest BCUT2D eigenvalue weighted by atomic mass is 16.6. The summed E-state index contributed by atoms with van der Waals surface area (Å²) in [5.74, 6) is -0.393. The Balaban J connectivity index is 2.18. The molecule has 2 N–H and O–H groups in total. The molecule has 0 bridgehead atoms. The van der Waals surface area contributed by atoms with Crippen LogP contribution < -0.4 is 10.1 Å². The predicted molar refractivity (Wildman–Crippen MR) is 91.7 cm³/mol. The average Bonchev–Trinajstić information content (AvgIpc) is 2.45. The normalized spacial score (nSPS) is 11.0. The molecule has 1 rings (SSSR count). The van der Waals surface area contributed by atoms with Gasteiger partial charge in [0, 0.05) is 6.54 Å². The van der Waals surface area contributed by atoms with Crippen molar-refractivity contribution in [2.75, 3.05) is 13.2 Å². The van der Waals surface area contributed by atoms with Crippen molar-refractivity contribution >= 4 is 12.1 Å². The lowest BCUT2D eigenvalue weighted by molar-refractivity contribution is 0.0526. The molecule has 0 atom stereocenters. The monoisotopic (exact) mass is 337 g/mol. The molecule has 24 heavy (non-hydrogen) atoms. The molecule has 0 spiro atoms. The third-order valence-electron chi connectivity index (χ3n) is 3.20. The Labute approximate surface area is 143 Å². The molecule has 0 fully saturated rings. The summed E-state index contributed by atoms with van der Waals surface area (Å²) in [6, 6.07) is 5.05. The van der Waals surface area contributed by atoms with Crippen molar-refractivity contribution in [2.45, 2.75) is 52.6 Å². The number of carbonyl (C=O) groups excluding carboxylic acids is 1. The number of unbranched alkanes of at least 4 members (excludes halogenated alkanes) is 2. The van der Waals surface area contributed by atoms with Gasteiger partial charge in [0.1, 0.15) is 11.4 Å². The Bertz CT molecular complexity index is 563. The van der Waals surface area contributed by atoms with Gasteiger partial charge in [-0.2, -0.15) is 0 Å². The van der Waals surface area contributed by atoms with Crippen LogP contribution in [-0.4, -0.2) is 35.9 Å². The smallest absolute Gasteiger partial charge is 0.407 e. The van der Waals surface area contributed by atoms with E-state index in [9.17, 15) is 9.59 Å². The largest absolute Gasteiger partial charge is 0.494 e. The minimum atomic E-state index is -0.953. The summed E-state index contributed by atoms with van der Waals surface area (Å²) in [7, 11) is 0. The first-order valence-electron chi connectivity index (χ1n) is 8.12. The average molecular weight is 337 g/mol. The Morgan fingerprint density at radius 2 is 1.88 bits per heavy atom. The van der Waals surface area contributed by atoms with E-state index in [-0.39, 0.29) is 5.56 Å². The highest BCUT2D eigenvalue weighted by Gasteiger charge is 2.15. The number of amides is 1. The summed E-state index contributed by atoms with van der Waals surface area (Å²) >= 11 is 0. The number of aromatic carboxylic acids is 1. The van der Waals surface area contributed by atoms with Gasteiger partial charge in [-0.05, 0) is 64.7 Å². The Morgan fingerprint density at radius 3 is 2.50 bits per heavy atom. The van der Waals surface area contributed by atoms with Crippen LogP contribution in [0.3, 0.4) is 0 Å². The third-order valence-corrected chi connectivity index (χ3v) is 3.20. The fourth-order valence-electron chi connectivity index (χ4n) is 2.02. The van der Waals surface area contributed by atoms with Crippen LogP contribution in [0.4, 0.5) is 4.79 Å². The molecule has 0 saturated heterocycles. The zero-order valence-electron chi connectivity index (χ0n) is 14.8. The SMILES string of the molecule is Cc1ccc(OCCCCCNC(=O)OC(C)(C)C)cc1C(=O)O. The number of benzene rings is 1. The van der Waals surface area contributed by atoms with Crippen molar-refractivity contribution in [3.05, 3.63) is 29.3 Å². The molecule has 0 aliphatic rings. The standard InChI is InChI=1S/C18H27NO5/c1-13-8-9-14(12-15(13)16(20)21)23-11-7-5-6-10-19-17(22)24-18(2,3)4/h8-9,12H,5-7,10-11H2,1-4H3,(H,19,22)(H,20,21). The second kappa shape index (κ2) is 9.15. The molecular formula is C18H27NO5. The summed E-state index contributed by atoms with van der Waals surface area (Å²) in [5.41, 5.74) is 0.484. The number of hydrogen-bond donors (Lipinski definition) is 2. The van der Waals surface area contributed by atoms with Gasteiger partial charge in [-0.25, -0.2) is 9.59 Å². The number of carboxylic acid groups (broad SMARTS) is 1. The van der Waals surface area contributed by atoms with E-state index in [1.54, 1.807) is 25.1 Å². The summed E-state index contributed by atoms with van der Waals surface area (Å²) in [6.07, 6.45) is 2.15. The fraction of sp³-hybridized carbons (Fsp3) is 0.556. The van der Waals surface area contributed by atoms with Gasteiger partial charge in [-0.1, -0.05) is 6.07 Å². The summed E-state index contributed by atoms with van der Waals surface area (Å²) < 4.78 is 10.7. The minimum Gasteiger partial charge on any atom is -0.494 e. The van der Waals surface area contributed by atoms with Crippen LogP contribution in [0.25, 0.3) is 0 Å². The van der Waals surface area contributed by atoms with E-state index in [2.05, 4.69) is 5.32 Å². The van der Waals surface area contributed by atoms with Gasteiger partial charge in [0.15, 0.2) is 0 Å². The van der Waals surface area contributed by atoms with E-state index in [0.29, 0.717) is 24.5 Å². The van der Waals surface area contributed by atoms with Gasteiger partial charge in [-0.15, -0.1) is 0 Å². The minimum absolute atomic E-state index is 0.258. The lowest BCUT2D eigenvalue weighted by atomic mass is 10.1. The van der Waals surface area contributed by atoms with Crippen LogP contribution in [0.15, 0.2) is 18.2 Å². The van der Waals surface area contributed by atoms with Gasteiger partial charge in [-0.3, -0.25) is 0 Å². The number of rotatable bonds is 8. The molecule has 6 heteroatoms. The highest BCUT2D eigenvalue weighted by Crippen LogP contribution is 2.17. The summed E-state index contributed by atoms with van der Waals surface area (Å²) in [5, 5.41) is 11.8. The van der Waals surface area contributed by atoms with Crippen molar-refractivity contribution in [1.29, 1.82) is 0 Å². The van der Waals surface area contributed by atoms with E-state index < -0.39 is 17.7 Å². The van der Waals surface area contributed by atoms with Gasteiger partial charge in [0.25, 0.3) is 0 Å². The van der Waals surface area contributed by atoms with Crippen LogP contribution in [0.2, 0.25) is 0 Å². The van der Waals surface area contributed by atoms with Crippen LogP contribution in [0.1, 0.15) is 56.0 Å². The van der Waals surface area contributed by atoms with E-state index in [4.69, 9.17) is 14.6 Å². The molecule has 0 aromatic heterocycles. The molecule has 0 heterocycles. The molecule has 0 radical (unpaired) electrons. The number of carbonyl (C=O) groups is 2. The maximum absolute atomic E-state index is 11.4. The number of carboxylic acids is 1. The molecule has 0 aliphatic heterocycles. The maximum Gasteiger partial charge on any atom is 0.407 e. The first kappa shape index (κ1) is 19.8. The van der Waals surface area contributed by atoms with Gasteiger partial charge in [0.05, 0.1) is 12.2 Å². The van der Waals surface area contributed by atoms with Gasteiger partial charge >= 0.3 is 12.1 Å². The van der Waals surface area contributed by atoms with Crippen molar-refractivity contribution in [3.63, 3.8) is 0 Å². The molecule has 0 aliphatic carbocycles. The van der Waals surface area contributed by atoms with Crippen LogP contribution >= 0.6 is 0 Å². The quantitative estimate of drug-likeness (QED) is 0.705. The van der Waals surface area contributed by atoms with Crippen molar-refractivity contribution in [2.24, 2.45) is 0 Å². The van der Waals surface area contributed by atoms with Gasteiger partial charge < -0.3 is 19.9 Å². The number of ether oxygens (including phenoxy) is 2. The zero-order valence-corrected chi connectivity index (χ0v) is 14.8. The number of hydrogen-bond acceptors (Lipinski definition) is 4. The second-order valence-electron chi connectivity index (χ2n) is 6.62. The predicted octanol–water partition coefficient (Wildman–Crippen LogP) is 3.77. The second-order valence-corrected chi connectivity index (χ2v) is 6.62. The Hall–Kier alpha value is -2.24. The lowest BCUT2D eigenvalue weighted by Gasteiger charge is -2.19. The van der Waals surface area contributed by atoms with Crippen LogP contribution in [0.5, 0.6) is 5.75 Å². The van der Waals surface area contributed by atoms with Crippen LogP contribution in [-0.2, 0) is 4.74 Å². The molecule has 0 unspecified atom stereocenters. The topological polar surface area (TPSA) is 84.9 Å².